The lowest BCUT2D eigenvalue weighted by atomic mass is 9.44. The van der Waals surface area contributed by atoms with Crippen molar-refractivity contribution in [3.05, 3.63) is 162 Å². The van der Waals surface area contributed by atoms with Crippen LogP contribution in [0.2, 0.25) is 0 Å². The molecule has 1 aliphatic heterocycles. The Balaban J connectivity index is 1.20. The number of nitrogens with zero attached hydrogens (tertiary/aromatic N) is 1. The summed E-state index contributed by atoms with van der Waals surface area (Å²) >= 11 is 0. The van der Waals surface area contributed by atoms with Crippen LogP contribution in [0.15, 0.2) is 145 Å². The minimum Gasteiger partial charge on any atom is -0.502 e. The van der Waals surface area contributed by atoms with Gasteiger partial charge < -0.3 is 19.9 Å². The van der Waals surface area contributed by atoms with Crippen molar-refractivity contribution >= 4 is 46.0 Å². The van der Waals surface area contributed by atoms with Gasteiger partial charge in [0.05, 0.1) is 37.2 Å². The predicted molar refractivity (Wildman–Crippen MR) is 216 cm³/mol. The highest BCUT2D eigenvalue weighted by Crippen LogP contribution is 2.64. The fourth-order valence-electron chi connectivity index (χ4n) is 9.97. The maximum absolute atomic E-state index is 15.3. The zero-order chi connectivity index (χ0) is 39.4. The second-order valence-electron chi connectivity index (χ2n) is 15.1. The number of imide groups is 1. The number of phenols is 1. The van der Waals surface area contributed by atoms with Crippen molar-refractivity contribution in [3.63, 3.8) is 0 Å². The Morgan fingerprint density at radius 1 is 0.719 bits per heavy atom. The smallest absolute Gasteiger partial charge is 0.238 e. The molecule has 1 saturated heterocycles. The van der Waals surface area contributed by atoms with Gasteiger partial charge in [-0.05, 0) is 90.1 Å². The normalized spacial score (nSPS) is 25.2. The van der Waals surface area contributed by atoms with Gasteiger partial charge in [-0.15, -0.1) is 0 Å². The first kappa shape index (κ1) is 35.9. The van der Waals surface area contributed by atoms with E-state index in [4.69, 9.17) is 9.47 Å². The number of Topliss-reactive ketones (excluding diaryl/α,β-unsaturated/α-hetero) is 1. The quantitative estimate of drug-likeness (QED) is 0.120. The standard InChI is InChI=1S/C48H40N2O7/c1-56-39-24-29(25-40(57-2)45(39)53)43-34-22-23-35-42(47(55)50(46(35)54)33-20-18-32(19-21-33)49-31-16-10-5-11-17-31)37(34)26-38-44(52)36(28-12-6-3-7-13-28)27-41(51)48(38,43)30-14-8-4-9-15-30/h3-22,24-25,27,35,37-38,42-43,49,53H,23,26H2,1-2H3. The summed E-state index contributed by atoms with van der Waals surface area (Å²) in [5.41, 5.74) is 3.74. The SMILES string of the molecule is COc1cc(C2C3=CCC4C(=O)N(c5ccc(Nc6ccccc6)cc5)C(=O)C4C3CC3C(=O)C(c4ccccc4)=CC(=O)C32c2ccccc2)cc(OC)c1O. The molecule has 284 valence electrons. The fraction of sp³-hybridized carbons (Fsp3) is 0.208. The molecule has 3 aliphatic carbocycles. The molecule has 2 amide bonds. The van der Waals surface area contributed by atoms with E-state index in [1.54, 1.807) is 24.3 Å². The second-order valence-corrected chi connectivity index (χ2v) is 15.1. The number of rotatable bonds is 8. The van der Waals surface area contributed by atoms with E-state index in [2.05, 4.69) is 5.32 Å². The van der Waals surface area contributed by atoms with Gasteiger partial charge in [-0.25, -0.2) is 0 Å². The average molecular weight is 757 g/mol. The van der Waals surface area contributed by atoms with E-state index in [9.17, 15) is 14.7 Å². The van der Waals surface area contributed by atoms with Gasteiger partial charge in [0.2, 0.25) is 17.6 Å². The highest BCUT2D eigenvalue weighted by atomic mass is 16.5. The molecule has 6 unspecified atom stereocenters. The highest BCUT2D eigenvalue weighted by Gasteiger charge is 2.66. The summed E-state index contributed by atoms with van der Waals surface area (Å²) in [6.07, 6.45) is 3.94. The molecular formula is C48H40N2O7. The molecule has 1 saturated carbocycles. The van der Waals surface area contributed by atoms with Crippen molar-refractivity contribution in [2.75, 3.05) is 24.4 Å². The zero-order valence-electron chi connectivity index (χ0n) is 31.4. The topological polar surface area (TPSA) is 122 Å². The average Bonchev–Trinajstić information content (AvgIpc) is 3.51. The zero-order valence-corrected chi connectivity index (χ0v) is 31.4. The van der Waals surface area contributed by atoms with Crippen LogP contribution in [0.5, 0.6) is 17.2 Å². The van der Waals surface area contributed by atoms with Crippen LogP contribution < -0.4 is 19.7 Å². The van der Waals surface area contributed by atoms with Crippen LogP contribution in [0.25, 0.3) is 5.57 Å². The molecule has 5 aromatic carbocycles. The fourth-order valence-corrected chi connectivity index (χ4v) is 9.97. The van der Waals surface area contributed by atoms with Crippen molar-refractivity contribution in [1.29, 1.82) is 0 Å². The molecule has 0 spiro atoms. The molecule has 2 N–H and O–H groups in total. The minimum atomic E-state index is -1.44. The summed E-state index contributed by atoms with van der Waals surface area (Å²) in [6.45, 7) is 0. The minimum absolute atomic E-state index is 0.138. The van der Waals surface area contributed by atoms with Gasteiger partial charge in [0.15, 0.2) is 23.1 Å². The highest BCUT2D eigenvalue weighted by molar-refractivity contribution is 6.32. The molecule has 9 rings (SSSR count). The molecule has 0 bridgehead atoms. The van der Waals surface area contributed by atoms with Crippen LogP contribution in [-0.2, 0) is 24.6 Å². The van der Waals surface area contributed by atoms with Crippen LogP contribution >= 0.6 is 0 Å². The van der Waals surface area contributed by atoms with Gasteiger partial charge in [-0.1, -0.05) is 90.5 Å². The largest absolute Gasteiger partial charge is 0.502 e. The molecule has 57 heavy (non-hydrogen) atoms. The molecule has 4 aliphatic rings. The summed E-state index contributed by atoms with van der Waals surface area (Å²) in [5.74, 6) is -4.68. The number of hydrogen-bond donors (Lipinski definition) is 2. The van der Waals surface area contributed by atoms with Crippen molar-refractivity contribution in [3.8, 4) is 17.2 Å². The second kappa shape index (κ2) is 14.1. The Morgan fingerprint density at radius 2 is 1.32 bits per heavy atom. The van der Waals surface area contributed by atoms with Crippen LogP contribution in [0.4, 0.5) is 17.1 Å². The van der Waals surface area contributed by atoms with Crippen molar-refractivity contribution in [2.45, 2.75) is 24.2 Å². The Morgan fingerprint density at radius 3 is 1.95 bits per heavy atom. The number of amides is 2. The number of fused-ring (bicyclic) bond motifs is 4. The maximum Gasteiger partial charge on any atom is 0.238 e. The van der Waals surface area contributed by atoms with E-state index in [-0.39, 0.29) is 53.5 Å². The first-order chi connectivity index (χ1) is 27.8. The molecule has 9 heteroatoms. The van der Waals surface area contributed by atoms with Gasteiger partial charge >= 0.3 is 0 Å². The van der Waals surface area contributed by atoms with Gasteiger partial charge in [0, 0.05) is 28.8 Å². The van der Waals surface area contributed by atoms with Gasteiger partial charge in [-0.2, -0.15) is 0 Å². The number of aromatic hydroxyl groups is 1. The number of ether oxygens (including phenoxy) is 2. The number of allylic oxidation sites excluding steroid dienone is 4. The first-order valence-electron chi connectivity index (χ1n) is 19.1. The molecule has 5 aromatic rings. The molecule has 2 fully saturated rings. The van der Waals surface area contributed by atoms with E-state index in [1.165, 1.54) is 25.2 Å². The van der Waals surface area contributed by atoms with Crippen molar-refractivity contribution < 1.29 is 33.8 Å². The third kappa shape index (κ3) is 5.59. The van der Waals surface area contributed by atoms with Crippen LogP contribution in [-0.4, -0.2) is 42.7 Å². The summed E-state index contributed by atoms with van der Waals surface area (Å²) in [5, 5.41) is 14.4. The van der Waals surface area contributed by atoms with Gasteiger partial charge in [-0.3, -0.25) is 24.1 Å². The maximum atomic E-state index is 15.3. The van der Waals surface area contributed by atoms with Crippen molar-refractivity contribution in [1.82, 2.24) is 0 Å². The van der Waals surface area contributed by atoms with Crippen molar-refractivity contribution in [2.24, 2.45) is 23.7 Å². The molecule has 0 radical (unpaired) electrons. The van der Waals surface area contributed by atoms with Crippen LogP contribution in [0, 0.1) is 23.7 Å². The Bertz CT molecular complexity index is 2450. The van der Waals surface area contributed by atoms with Gasteiger partial charge in [0.25, 0.3) is 0 Å². The van der Waals surface area contributed by atoms with Crippen LogP contribution in [0.3, 0.4) is 0 Å². The van der Waals surface area contributed by atoms with E-state index >= 15 is 9.59 Å². The Hall–Kier alpha value is -6.74. The number of carbonyl (C=O) groups excluding carboxylic acids is 4. The van der Waals surface area contributed by atoms with E-state index in [0.29, 0.717) is 28.0 Å². The number of hydrogen-bond acceptors (Lipinski definition) is 8. The molecule has 1 heterocycles. The number of methoxy groups -OCH3 is 2. The Labute approximate surface area is 330 Å². The third-order valence-electron chi connectivity index (χ3n) is 12.4. The Kier molecular flexibility index (Phi) is 8.88. The van der Waals surface area contributed by atoms with E-state index in [1.807, 2.05) is 109 Å². The van der Waals surface area contributed by atoms with E-state index in [0.717, 1.165) is 16.9 Å². The summed E-state index contributed by atoms with van der Waals surface area (Å²) in [6, 6.07) is 38.8. The predicted octanol–water partition coefficient (Wildman–Crippen LogP) is 8.18. The van der Waals surface area contributed by atoms with E-state index < -0.39 is 35.0 Å². The number of nitrogens with one attached hydrogen (secondary N) is 1. The summed E-state index contributed by atoms with van der Waals surface area (Å²) in [7, 11) is 2.88. The number of carbonyl (C=O) groups is 4. The third-order valence-corrected chi connectivity index (χ3v) is 12.4. The molecule has 0 aromatic heterocycles. The van der Waals surface area contributed by atoms with Gasteiger partial charge in [0.1, 0.15) is 0 Å². The number of para-hydroxylation sites is 1. The number of ketones is 2. The first-order valence-corrected chi connectivity index (χ1v) is 19.1. The lowest BCUT2D eigenvalue weighted by Crippen LogP contribution is -2.58. The summed E-state index contributed by atoms with van der Waals surface area (Å²) < 4.78 is 11.3. The number of anilines is 3. The summed E-state index contributed by atoms with van der Waals surface area (Å²) in [4.78, 5) is 61.0. The lowest BCUT2D eigenvalue weighted by Gasteiger charge is -2.55. The lowest BCUT2D eigenvalue weighted by molar-refractivity contribution is -0.135. The molecule has 6 atom stereocenters. The molecule has 9 nitrogen and oxygen atoms in total. The number of phenolic OH excluding ortho intramolecular Hbond substituents is 1. The van der Waals surface area contributed by atoms with Crippen LogP contribution in [0.1, 0.15) is 35.4 Å². The molecular weight excluding hydrogens is 717 g/mol. The monoisotopic (exact) mass is 756 g/mol. The number of benzene rings is 5.